The second kappa shape index (κ2) is 8.04. The van der Waals surface area contributed by atoms with Gasteiger partial charge in [-0.15, -0.1) is 0 Å². The average Bonchev–Trinajstić information content (AvgIpc) is 3.01. The standard InChI is InChI=1S/C15H20FN5/c1-17-15(19-10-12-21-11-4-8-20-21)18-9-7-13-5-2-3-6-14(13)16/h2-6,8,11H,7,9-10,12H2,1H3,(H2,17,18,19). The van der Waals surface area contributed by atoms with Crippen molar-refractivity contribution in [2.24, 2.45) is 4.99 Å². The van der Waals surface area contributed by atoms with Gasteiger partial charge in [-0.1, -0.05) is 18.2 Å². The van der Waals surface area contributed by atoms with Crippen molar-refractivity contribution >= 4 is 5.96 Å². The van der Waals surface area contributed by atoms with E-state index < -0.39 is 0 Å². The third-order valence-electron chi connectivity index (χ3n) is 3.06. The Bertz CT molecular complexity index is 565. The molecule has 0 saturated carbocycles. The first-order valence-electron chi connectivity index (χ1n) is 6.95. The van der Waals surface area contributed by atoms with E-state index in [9.17, 15) is 4.39 Å². The molecule has 0 aliphatic rings. The number of hydrogen-bond acceptors (Lipinski definition) is 2. The van der Waals surface area contributed by atoms with Crippen molar-refractivity contribution in [2.45, 2.75) is 13.0 Å². The van der Waals surface area contributed by atoms with Crippen molar-refractivity contribution in [3.63, 3.8) is 0 Å². The van der Waals surface area contributed by atoms with Crippen LogP contribution in [0.3, 0.4) is 0 Å². The number of aromatic nitrogens is 2. The van der Waals surface area contributed by atoms with Crippen molar-refractivity contribution in [3.05, 3.63) is 54.1 Å². The van der Waals surface area contributed by atoms with Crippen molar-refractivity contribution in [1.82, 2.24) is 20.4 Å². The summed E-state index contributed by atoms with van der Waals surface area (Å²) < 4.78 is 15.3. The Balaban J connectivity index is 1.69. The van der Waals surface area contributed by atoms with Crippen LogP contribution in [0, 0.1) is 5.82 Å². The molecule has 0 amide bonds. The highest BCUT2D eigenvalue weighted by molar-refractivity contribution is 5.79. The summed E-state index contributed by atoms with van der Waals surface area (Å²) in [7, 11) is 1.71. The molecule has 21 heavy (non-hydrogen) atoms. The van der Waals surface area contributed by atoms with Gasteiger partial charge in [0, 0.05) is 32.5 Å². The lowest BCUT2D eigenvalue weighted by Crippen LogP contribution is -2.39. The normalized spacial score (nSPS) is 11.4. The average molecular weight is 289 g/mol. The Morgan fingerprint density at radius 1 is 1.24 bits per heavy atom. The van der Waals surface area contributed by atoms with Gasteiger partial charge in [0.25, 0.3) is 0 Å². The second-order valence-corrected chi connectivity index (χ2v) is 4.54. The second-order valence-electron chi connectivity index (χ2n) is 4.54. The van der Waals surface area contributed by atoms with E-state index in [1.54, 1.807) is 25.4 Å². The largest absolute Gasteiger partial charge is 0.356 e. The Morgan fingerprint density at radius 3 is 2.76 bits per heavy atom. The lowest BCUT2D eigenvalue weighted by molar-refractivity contribution is 0.594. The molecule has 2 N–H and O–H groups in total. The zero-order valence-electron chi connectivity index (χ0n) is 12.1. The van der Waals surface area contributed by atoms with Gasteiger partial charge in [-0.25, -0.2) is 4.39 Å². The number of benzene rings is 1. The molecule has 112 valence electrons. The van der Waals surface area contributed by atoms with Gasteiger partial charge in [0.2, 0.25) is 0 Å². The summed E-state index contributed by atoms with van der Waals surface area (Å²) >= 11 is 0. The number of aliphatic imine (C=N–C) groups is 1. The van der Waals surface area contributed by atoms with Crippen LogP contribution in [0.2, 0.25) is 0 Å². The summed E-state index contributed by atoms with van der Waals surface area (Å²) in [5, 5.41) is 10.5. The molecular weight excluding hydrogens is 269 g/mol. The molecule has 0 atom stereocenters. The number of nitrogens with one attached hydrogen (secondary N) is 2. The number of hydrogen-bond donors (Lipinski definition) is 2. The summed E-state index contributed by atoms with van der Waals surface area (Å²) in [5.74, 6) is 0.541. The third kappa shape index (κ3) is 4.91. The molecule has 1 heterocycles. The minimum Gasteiger partial charge on any atom is -0.356 e. The van der Waals surface area contributed by atoms with Crippen molar-refractivity contribution in [2.75, 3.05) is 20.1 Å². The van der Waals surface area contributed by atoms with Crippen LogP contribution >= 0.6 is 0 Å². The first kappa shape index (κ1) is 15.0. The molecule has 0 unspecified atom stereocenters. The zero-order valence-corrected chi connectivity index (χ0v) is 12.1. The topological polar surface area (TPSA) is 54.2 Å². The molecule has 0 radical (unpaired) electrons. The van der Waals surface area contributed by atoms with E-state index in [1.165, 1.54) is 6.07 Å². The van der Waals surface area contributed by atoms with Gasteiger partial charge in [0.05, 0.1) is 6.54 Å². The van der Waals surface area contributed by atoms with Crippen LogP contribution in [0.15, 0.2) is 47.7 Å². The van der Waals surface area contributed by atoms with E-state index in [1.807, 2.05) is 23.0 Å². The SMILES string of the molecule is CN=C(NCCc1ccccc1F)NCCn1cccn1. The maximum absolute atomic E-state index is 13.5. The minimum absolute atomic E-state index is 0.166. The summed E-state index contributed by atoms with van der Waals surface area (Å²) in [4.78, 5) is 4.13. The summed E-state index contributed by atoms with van der Waals surface area (Å²) in [5.41, 5.74) is 0.706. The van der Waals surface area contributed by atoms with E-state index in [0.29, 0.717) is 24.5 Å². The highest BCUT2D eigenvalue weighted by Gasteiger charge is 2.01. The predicted octanol–water partition coefficient (Wildman–Crippen LogP) is 1.43. The third-order valence-corrected chi connectivity index (χ3v) is 3.06. The molecule has 6 heteroatoms. The Morgan fingerprint density at radius 2 is 2.05 bits per heavy atom. The fourth-order valence-electron chi connectivity index (χ4n) is 1.96. The predicted molar refractivity (Wildman–Crippen MR) is 81.7 cm³/mol. The molecule has 0 saturated heterocycles. The number of rotatable bonds is 6. The molecule has 2 aromatic rings. The van der Waals surface area contributed by atoms with Crippen molar-refractivity contribution in [3.8, 4) is 0 Å². The molecule has 0 bridgehead atoms. The molecule has 1 aromatic carbocycles. The number of halogens is 1. The van der Waals surface area contributed by atoms with E-state index in [2.05, 4.69) is 20.7 Å². The molecule has 5 nitrogen and oxygen atoms in total. The van der Waals surface area contributed by atoms with Crippen molar-refractivity contribution < 1.29 is 4.39 Å². The number of nitrogens with zero attached hydrogens (tertiary/aromatic N) is 3. The first-order chi connectivity index (χ1) is 10.3. The van der Waals surface area contributed by atoms with Gasteiger partial charge in [-0.2, -0.15) is 5.10 Å². The first-order valence-corrected chi connectivity index (χ1v) is 6.95. The summed E-state index contributed by atoms with van der Waals surface area (Å²) in [6.45, 7) is 2.12. The fraction of sp³-hybridized carbons (Fsp3) is 0.333. The van der Waals surface area contributed by atoms with Gasteiger partial charge in [0.15, 0.2) is 5.96 Å². The molecule has 0 spiro atoms. The van der Waals surface area contributed by atoms with E-state index in [-0.39, 0.29) is 5.82 Å². The van der Waals surface area contributed by atoms with Gasteiger partial charge >= 0.3 is 0 Å². The van der Waals surface area contributed by atoms with Gasteiger partial charge < -0.3 is 10.6 Å². The molecule has 1 aromatic heterocycles. The Kier molecular flexibility index (Phi) is 5.75. The van der Waals surface area contributed by atoms with E-state index in [4.69, 9.17) is 0 Å². The van der Waals surface area contributed by atoms with Crippen LogP contribution in [0.5, 0.6) is 0 Å². The monoisotopic (exact) mass is 289 g/mol. The van der Waals surface area contributed by atoms with Crippen LogP contribution in [-0.2, 0) is 13.0 Å². The minimum atomic E-state index is -0.166. The molecule has 0 aliphatic heterocycles. The quantitative estimate of drug-likeness (QED) is 0.625. The summed E-state index contributed by atoms with van der Waals surface area (Å²) in [6, 6.07) is 8.70. The van der Waals surface area contributed by atoms with Crippen LogP contribution in [-0.4, -0.2) is 35.9 Å². The smallest absolute Gasteiger partial charge is 0.191 e. The molecule has 0 fully saturated rings. The van der Waals surface area contributed by atoms with Crippen LogP contribution in [0.4, 0.5) is 4.39 Å². The molecule has 2 rings (SSSR count). The fourth-order valence-corrected chi connectivity index (χ4v) is 1.96. The highest BCUT2D eigenvalue weighted by atomic mass is 19.1. The van der Waals surface area contributed by atoms with Crippen LogP contribution < -0.4 is 10.6 Å². The Hall–Kier alpha value is -2.37. The highest BCUT2D eigenvalue weighted by Crippen LogP contribution is 2.05. The van der Waals surface area contributed by atoms with Gasteiger partial charge in [-0.05, 0) is 24.1 Å². The van der Waals surface area contributed by atoms with E-state index in [0.717, 1.165) is 13.1 Å². The van der Waals surface area contributed by atoms with E-state index >= 15 is 0 Å². The van der Waals surface area contributed by atoms with Crippen molar-refractivity contribution in [1.29, 1.82) is 0 Å². The lowest BCUT2D eigenvalue weighted by Gasteiger charge is -2.12. The van der Waals surface area contributed by atoms with Gasteiger partial charge in [-0.3, -0.25) is 9.67 Å². The van der Waals surface area contributed by atoms with Crippen LogP contribution in [0.1, 0.15) is 5.56 Å². The number of guanidine groups is 1. The maximum Gasteiger partial charge on any atom is 0.191 e. The molecular formula is C15H20FN5. The summed E-state index contributed by atoms with van der Waals surface area (Å²) in [6.07, 6.45) is 4.28. The van der Waals surface area contributed by atoms with Gasteiger partial charge in [0.1, 0.15) is 5.82 Å². The zero-order chi connectivity index (χ0) is 14.9. The molecule has 0 aliphatic carbocycles. The van der Waals surface area contributed by atoms with Crippen LogP contribution in [0.25, 0.3) is 0 Å². The Labute approximate surface area is 123 Å². The maximum atomic E-state index is 13.5. The lowest BCUT2D eigenvalue weighted by atomic mass is 10.1.